The van der Waals surface area contributed by atoms with Crippen molar-refractivity contribution in [2.45, 2.75) is 17.6 Å². The van der Waals surface area contributed by atoms with Crippen molar-refractivity contribution < 1.29 is 4.79 Å². The molecule has 98 valence electrons. The van der Waals surface area contributed by atoms with Crippen LogP contribution in [0.2, 0.25) is 0 Å². The van der Waals surface area contributed by atoms with Gasteiger partial charge in [0.1, 0.15) is 0 Å². The van der Waals surface area contributed by atoms with Crippen molar-refractivity contribution >= 4 is 45.9 Å². The largest absolute Gasteiger partial charge is 0.326 e. The highest BCUT2D eigenvalue weighted by Crippen LogP contribution is 2.24. The monoisotopic (exact) mass is 383 g/mol. The van der Waals surface area contributed by atoms with Gasteiger partial charge in [-0.25, -0.2) is 0 Å². The van der Waals surface area contributed by atoms with Gasteiger partial charge in [-0.3, -0.25) is 4.79 Å². The zero-order chi connectivity index (χ0) is 13.7. The van der Waals surface area contributed by atoms with E-state index in [4.69, 9.17) is 0 Å². The van der Waals surface area contributed by atoms with E-state index in [0.29, 0.717) is 0 Å². The van der Waals surface area contributed by atoms with Gasteiger partial charge in [0.05, 0.1) is 0 Å². The number of carbonyl (C=O) groups is 1. The quantitative estimate of drug-likeness (QED) is 0.621. The summed E-state index contributed by atoms with van der Waals surface area (Å²) in [4.78, 5) is 12.1. The van der Waals surface area contributed by atoms with E-state index >= 15 is 0 Å². The van der Waals surface area contributed by atoms with Gasteiger partial charge in [-0.1, -0.05) is 12.1 Å². The van der Waals surface area contributed by atoms with Gasteiger partial charge in [0.15, 0.2) is 0 Å². The maximum atomic E-state index is 10.9. The van der Waals surface area contributed by atoms with Crippen LogP contribution in [0.25, 0.3) is 0 Å². The highest BCUT2D eigenvalue weighted by atomic mass is 127. The molecule has 1 N–H and O–H groups in total. The third-order valence-electron chi connectivity index (χ3n) is 2.49. The van der Waals surface area contributed by atoms with E-state index in [1.165, 1.54) is 21.0 Å². The number of rotatable bonds is 4. The van der Waals surface area contributed by atoms with Crippen molar-refractivity contribution in [3.63, 3.8) is 0 Å². The highest BCUT2D eigenvalue weighted by molar-refractivity contribution is 14.1. The van der Waals surface area contributed by atoms with Crippen LogP contribution < -0.4 is 5.32 Å². The lowest BCUT2D eigenvalue weighted by atomic mass is 10.2. The van der Waals surface area contributed by atoms with Gasteiger partial charge >= 0.3 is 0 Å². The molecule has 1 amide bonds. The van der Waals surface area contributed by atoms with Crippen molar-refractivity contribution in [3.8, 4) is 0 Å². The summed E-state index contributed by atoms with van der Waals surface area (Å²) in [6.45, 7) is 1.51. The molecule has 0 aliphatic rings. The summed E-state index contributed by atoms with van der Waals surface area (Å²) in [7, 11) is 0. The molecule has 19 heavy (non-hydrogen) atoms. The van der Waals surface area contributed by atoms with Gasteiger partial charge in [-0.05, 0) is 64.6 Å². The minimum atomic E-state index is -0.0423. The molecule has 0 atom stereocenters. The van der Waals surface area contributed by atoms with E-state index in [2.05, 4.69) is 52.2 Å². The van der Waals surface area contributed by atoms with E-state index in [9.17, 15) is 4.79 Å². The third-order valence-corrected chi connectivity index (χ3v) is 4.30. The first-order valence-electron chi connectivity index (χ1n) is 5.88. The first-order valence-corrected chi connectivity index (χ1v) is 7.95. The molecule has 0 radical (unpaired) electrons. The Bertz CT molecular complexity index is 551. The first kappa shape index (κ1) is 14.4. The lowest BCUT2D eigenvalue weighted by Crippen LogP contribution is -2.05. The zero-order valence-corrected chi connectivity index (χ0v) is 13.5. The molecule has 0 saturated carbocycles. The van der Waals surface area contributed by atoms with Crippen molar-refractivity contribution in [2.24, 2.45) is 0 Å². The lowest BCUT2D eigenvalue weighted by molar-refractivity contribution is -0.114. The normalized spacial score (nSPS) is 10.2. The lowest BCUT2D eigenvalue weighted by Gasteiger charge is -2.05. The molecule has 2 aromatic rings. The molecule has 0 unspecified atom stereocenters. The van der Waals surface area contributed by atoms with E-state index < -0.39 is 0 Å². The molecule has 4 heteroatoms. The molecule has 0 aromatic heterocycles. The topological polar surface area (TPSA) is 29.1 Å². The molecule has 2 rings (SSSR count). The minimum Gasteiger partial charge on any atom is -0.326 e. The summed E-state index contributed by atoms with van der Waals surface area (Å²) in [6, 6.07) is 16.5. The fraction of sp³-hybridized carbons (Fsp3) is 0.133. The maximum absolute atomic E-state index is 10.9. The van der Waals surface area contributed by atoms with Crippen molar-refractivity contribution in [3.05, 3.63) is 57.7 Å². The number of hydrogen-bond donors (Lipinski definition) is 1. The smallest absolute Gasteiger partial charge is 0.221 e. The molecule has 0 bridgehead atoms. The van der Waals surface area contributed by atoms with Gasteiger partial charge in [0, 0.05) is 26.8 Å². The van der Waals surface area contributed by atoms with Crippen LogP contribution in [0.3, 0.4) is 0 Å². The van der Waals surface area contributed by atoms with E-state index in [-0.39, 0.29) is 5.91 Å². The van der Waals surface area contributed by atoms with Gasteiger partial charge < -0.3 is 5.32 Å². The molecule has 2 nitrogen and oxygen atoms in total. The predicted octanol–water partition coefficient (Wildman–Crippen LogP) is 4.54. The van der Waals surface area contributed by atoms with Crippen LogP contribution in [0.4, 0.5) is 5.69 Å². The van der Waals surface area contributed by atoms with Gasteiger partial charge in [-0.2, -0.15) is 0 Å². The van der Waals surface area contributed by atoms with Crippen molar-refractivity contribution in [1.29, 1.82) is 0 Å². The fourth-order valence-electron chi connectivity index (χ4n) is 1.59. The summed E-state index contributed by atoms with van der Waals surface area (Å²) in [6.07, 6.45) is 0. The van der Waals surface area contributed by atoms with Gasteiger partial charge in [-0.15, -0.1) is 11.8 Å². The molecule has 0 spiro atoms. The summed E-state index contributed by atoms with van der Waals surface area (Å²) in [5.74, 6) is 0.912. The Morgan fingerprint density at radius 1 is 1.11 bits per heavy atom. The summed E-state index contributed by atoms with van der Waals surface area (Å²) < 4.78 is 1.26. The number of benzene rings is 2. The Hall–Kier alpha value is -1.01. The van der Waals surface area contributed by atoms with Crippen LogP contribution in [0.5, 0.6) is 0 Å². The second-order valence-electron chi connectivity index (χ2n) is 4.12. The summed E-state index contributed by atoms with van der Waals surface area (Å²) >= 11 is 4.10. The predicted molar refractivity (Wildman–Crippen MR) is 89.5 cm³/mol. The minimum absolute atomic E-state index is 0.0423. The molecule has 0 aliphatic heterocycles. The zero-order valence-electron chi connectivity index (χ0n) is 10.5. The van der Waals surface area contributed by atoms with E-state index in [1.807, 2.05) is 24.3 Å². The standard InChI is InChI=1S/C15H14INOS/c1-11(18)17-14-6-8-15(9-7-14)19-10-12-2-4-13(16)5-3-12/h2-9H,10H2,1H3,(H,17,18). The SMILES string of the molecule is CC(=O)Nc1ccc(SCc2ccc(I)cc2)cc1. The number of anilines is 1. The summed E-state index contributed by atoms with van der Waals surface area (Å²) in [5.41, 5.74) is 2.16. The fourth-order valence-corrected chi connectivity index (χ4v) is 2.80. The number of hydrogen-bond acceptors (Lipinski definition) is 2. The molecular weight excluding hydrogens is 369 g/mol. The van der Waals surface area contributed by atoms with E-state index in [1.54, 1.807) is 11.8 Å². The third kappa shape index (κ3) is 4.87. The maximum Gasteiger partial charge on any atom is 0.221 e. The van der Waals surface area contributed by atoms with Crippen LogP contribution >= 0.6 is 34.4 Å². The molecule has 0 fully saturated rings. The average molecular weight is 383 g/mol. The number of nitrogens with one attached hydrogen (secondary N) is 1. The van der Waals surface area contributed by atoms with Gasteiger partial charge in [0.25, 0.3) is 0 Å². The van der Waals surface area contributed by atoms with Crippen LogP contribution in [0, 0.1) is 3.57 Å². The highest BCUT2D eigenvalue weighted by Gasteiger charge is 1.98. The molecule has 0 aliphatic carbocycles. The Balaban J connectivity index is 1.92. The number of amides is 1. The molecule has 0 saturated heterocycles. The number of carbonyl (C=O) groups excluding carboxylic acids is 1. The first-order chi connectivity index (χ1) is 9.13. The van der Waals surface area contributed by atoms with Crippen LogP contribution in [0.15, 0.2) is 53.4 Å². The van der Waals surface area contributed by atoms with Crippen LogP contribution in [-0.2, 0) is 10.5 Å². The van der Waals surface area contributed by atoms with Crippen LogP contribution in [0.1, 0.15) is 12.5 Å². The molecule has 2 aromatic carbocycles. The second-order valence-corrected chi connectivity index (χ2v) is 6.42. The Morgan fingerprint density at radius 2 is 1.74 bits per heavy atom. The average Bonchev–Trinajstić information content (AvgIpc) is 2.39. The van der Waals surface area contributed by atoms with Crippen molar-refractivity contribution in [1.82, 2.24) is 0 Å². The van der Waals surface area contributed by atoms with E-state index in [0.717, 1.165) is 11.4 Å². The van der Waals surface area contributed by atoms with Crippen molar-refractivity contribution in [2.75, 3.05) is 5.32 Å². The second kappa shape index (κ2) is 6.96. The number of thioether (sulfide) groups is 1. The number of halogens is 1. The van der Waals surface area contributed by atoms with Crippen LogP contribution in [-0.4, -0.2) is 5.91 Å². The Morgan fingerprint density at radius 3 is 2.32 bits per heavy atom. The Kier molecular flexibility index (Phi) is 5.27. The molecule has 0 heterocycles. The van der Waals surface area contributed by atoms with Gasteiger partial charge in [0.2, 0.25) is 5.91 Å². The summed E-state index contributed by atoms with van der Waals surface area (Å²) in [5, 5.41) is 2.76. The Labute approximate surface area is 131 Å². The molecular formula is C15H14INOS.